The van der Waals surface area contributed by atoms with Crippen molar-refractivity contribution in [1.82, 2.24) is 10.2 Å². The van der Waals surface area contributed by atoms with E-state index in [0.717, 1.165) is 19.4 Å². The number of nitrogens with zero attached hydrogens (tertiary/aromatic N) is 1. The monoisotopic (exact) mass is 260 g/mol. The molecule has 1 aliphatic rings. The lowest BCUT2D eigenvalue weighted by molar-refractivity contribution is -0.139. The van der Waals surface area contributed by atoms with E-state index in [1.165, 1.54) is 5.56 Å². The lowest BCUT2D eigenvalue weighted by atomic mass is 9.82. The van der Waals surface area contributed by atoms with E-state index >= 15 is 0 Å². The van der Waals surface area contributed by atoms with Gasteiger partial charge in [-0.25, -0.2) is 0 Å². The number of hydrogen-bond donors (Lipinski definition) is 1. The maximum Gasteiger partial charge on any atom is 0.239 e. The van der Waals surface area contributed by atoms with E-state index in [2.05, 4.69) is 43.4 Å². The van der Waals surface area contributed by atoms with Crippen LogP contribution in [0.3, 0.4) is 0 Å². The van der Waals surface area contributed by atoms with Crippen LogP contribution in [0.1, 0.15) is 38.2 Å². The average Bonchev–Trinajstić information content (AvgIpc) is 2.45. The quantitative estimate of drug-likeness (QED) is 0.901. The van der Waals surface area contributed by atoms with Crippen LogP contribution in [0.4, 0.5) is 0 Å². The third kappa shape index (κ3) is 2.81. The van der Waals surface area contributed by atoms with Gasteiger partial charge in [-0.1, -0.05) is 37.3 Å². The predicted molar refractivity (Wildman–Crippen MR) is 78.1 cm³/mol. The van der Waals surface area contributed by atoms with Crippen LogP contribution in [0.5, 0.6) is 0 Å². The third-order valence-electron chi connectivity index (χ3n) is 4.19. The second-order valence-electron chi connectivity index (χ2n) is 5.37. The Bertz CT molecular complexity index is 418. The Hall–Kier alpha value is -1.35. The van der Waals surface area contributed by atoms with Crippen LogP contribution in [0.15, 0.2) is 30.3 Å². The molecule has 3 atom stereocenters. The third-order valence-corrected chi connectivity index (χ3v) is 4.19. The maximum atomic E-state index is 12.4. The van der Waals surface area contributed by atoms with Crippen molar-refractivity contribution in [3.05, 3.63) is 35.9 Å². The Morgan fingerprint density at radius 2 is 2.00 bits per heavy atom. The molecule has 0 saturated carbocycles. The van der Waals surface area contributed by atoms with Crippen molar-refractivity contribution in [2.45, 2.75) is 44.7 Å². The molecule has 0 spiro atoms. The molecule has 1 saturated heterocycles. The van der Waals surface area contributed by atoms with Gasteiger partial charge in [0.25, 0.3) is 0 Å². The van der Waals surface area contributed by atoms with Gasteiger partial charge in [-0.2, -0.15) is 0 Å². The fraction of sp³-hybridized carbons (Fsp3) is 0.562. The second-order valence-corrected chi connectivity index (χ2v) is 5.37. The summed E-state index contributed by atoms with van der Waals surface area (Å²) in [5, 5.41) is 3.17. The smallest absolute Gasteiger partial charge is 0.239 e. The summed E-state index contributed by atoms with van der Waals surface area (Å²) in [7, 11) is 1.88. The van der Waals surface area contributed by atoms with Gasteiger partial charge in [0.2, 0.25) is 5.91 Å². The molecular weight excluding hydrogens is 236 g/mol. The van der Waals surface area contributed by atoms with E-state index < -0.39 is 0 Å². The van der Waals surface area contributed by atoms with Gasteiger partial charge in [0.05, 0.1) is 6.04 Å². The van der Waals surface area contributed by atoms with Crippen LogP contribution >= 0.6 is 0 Å². The van der Waals surface area contributed by atoms with Crippen LogP contribution < -0.4 is 5.32 Å². The molecule has 3 unspecified atom stereocenters. The van der Waals surface area contributed by atoms with Gasteiger partial charge in [0, 0.05) is 18.5 Å². The van der Waals surface area contributed by atoms with E-state index in [1.54, 1.807) is 0 Å². The summed E-state index contributed by atoms with van der Waals surface area (Å²) in [6.07, 6.45) is 1.90. The van der Waals surface area contributed by atoms with Gasteiger partial charge in [-0.05, 0) is 32.4 Å². The number of piperidine rings is 1. The van der Waals surface area contributed by atoms with Crippen molar-refractivity contribution in [2.75, 3.05) is 13.6 Å². The summed E-state index contributed by atoms with van der Waals surface area (Å²) < 4.78 is 0. The van der Waals surface area contributed by atoms with Crippen molar-refractivity contribution >= 4 is 5.91 Å². The van der Waals surface area contributed by atoms with E-state index in [1.807, 2.05) is 18.0 Å². The van der Waals surface area contributed by atoms with E-state index in [9.17, 15) is 4.79 Å². The van der Waals surface area contributed by atoms with E-state index in [0.29, 0.717) is 5.92 Å². The molecular formula is C16H24N2O. The summed E-state index contributed by atoms with van der Waals surface area (Å²) in [5.41, 5.74) is 1.34. The number of carbonyl (C=O) groups excluding carboxylic acids is 1. The predicted octanol–water partition coefficient (Wildman–Crippen LogP) is 2.39. The second kappa shape index (κ2) is 6.20. The Balaban J connectivity index is 2.26. The fourth-order valence-electron chi connectivity index (χ4n) is 3.08. The van der Waals surface area contributed by atoms with Gasteiger partial charge in [0.1, 0.15) is 0 Å². The van der Waals surface area contributed by atoms with Crippen LogP contribution in [-0.4, -0.2) is 36.5 Å². The Morgan fingerprint density at radius 1 is 1.32 bits per heavy atom. The van der Waals surface area contributed by atoms with Crippen LogP contribution in [0, 0.1) is 0 Å². The molecule has 1 aromatic rings. The normalized spacial score (nSPS) is 27.6. The van der Waals surface area contributed by atoms with E-state index in [4.69, 9.17) is 0 Å². The highest BCUT2D eigenvalue weighted by Gasteiger charge is 2.38. The zero-order valence-corrected chi connectivity index (χ0v) is 12.1. The lowest BCUT2D eigenvalue weighted by Gasteiger charge is -2.43. The molecule has 104 valence electrons. The number of amides is 1. The first-order valence-corrected chi connectivity index (χ1v) is 7.21. The minimum absolute atomic E-state index is 0.0482. The minimum atomic E-state index is -0.0482. The molecule has 1 aromatic carbocycles. The molecule has 1 aliphatic heterocycles. The highest BCUT2D eigenvalue weighted by Crippen LogP contribution is 2.33. The topological polar surface area (TPSA) is 32.3 Å². The molecule has 3 heteroatoms. The lowest BCUT2D eigenvalue weighted by Crippen LogP contribution is -2.56. The number of carbonyl (C=O) groups is 1. The van der Waals surface area contributed by atoms with Crippen molar-refractivity contribution in [3.63, 3.8) is 0 Å². The molecule has 19 heavy (non-hydrogen) atoms. The Labute approximate surface area is 116 Å². The van der Waals surface area contributed by atoms with Gasteiger partial charge in [0.15, 0.2) is 0 Å². The number of likely N-dealkylation sites (tertiary alicyclic amines) is 1. The van der Waals surface area contributed by atoms with Crippen LogP contribution in [-0.2, 0) is 4.79 Å². The summed E-state index contributed by atoms with van der Waals surface area (Å²) >= 11 is 0. The molecule has 2 rings (SSSR count). The summed E-state index contributed by atoms with van der Waals surface area (Å²) in [6.45, 7) is 5.15. The van der Waals surface area contributed by atoms with E-state index in [-0.39, 0.29) is 18.0 Å². The van der Waals surface area contributed by atoms with Crippen molar-refractivity contribution in [3.8, 4) is 0 Å². The molecule has 0 aliphatic carbocycles. The van der Waals surface area contributed by atoms with Crippen LogP contribution in [0.2, 0.25) is 0 Å². The maximum absolute atomic E-state index is 12.4. The zero-order chi connectivity index (χ0) is 13.8. The van der Waals surface area contributed by atoms with Crippen molar-refractivity contribution in [1.29, 1.82) is 0 Å². The molecule has 1 amide bonds. The first-order chi connectivity index (χ1) is 9.19. The number of nitrogens with one attached hydrogen (secondary N) is 1. The molecule has 3 nitrogen and oxygen atoms in total. The number of likely N-dealkylation sites (N-methyl/N-ethyl adjacent to an activating group) is 1. The minimum Gasteiger partial charge on any atom is -0.338 e. The van der Waals surface area contributed by atoms with Crippen LogP contribution in [0.25, 0.3) is 0 Å². The van der Waals surface area contributed by atoms with Gasteiger partial charge < -0.3 is 10.2 Å². The largest absolute Gasteiger partial charge is 0.338 e. The van der Waals surface area contributed by atoms with Crippen molar-refractivity contribution in [2.24, 2.45) is 0 Å². The zero-order valence-electron chi connectivity index (χ0n) is 12.1. The SMILES string of the molecule is CCCN1C(=O)C(NC)CC(c2ccccc2)C1C. The first-order valence-electron chi connectivity index (χ1n) is 7.21. The van der Waals surface area contributed by atoms with Crippen molar-refractivity contribution < 1.29 is 4.79 Å². The molecule has 1 heterocycles. The molecule has 0 aromatic heterocycles. The van der Waals surface area contributed by atoms with Gasteiger partial charge in [-0.3, -0.25) is 4.79 Å². The first kappa shape index (κ1) is 14.1. The Kier molecular flexibility index (Phi) is 4.59. The number of benzene rings is 1. The average molecular weight is 260 g/mol. The highest BCUT2D eigenvalue weighted by atomic mass is 16.2. The fourth-order valence-corrected chi connectivity index (χ4v) is 3.08. The molecule has 0 bridgehead atoms. The molecule has 1 N–H and O–H groups in total. The number of rotatable bonds is 4. The van der Waals surface area contributed by atoms with Gasteiger partial charge >= 0.3 is 0 Å². The van der Waals surface area contributed by atoms with Gasteiger partial charge in [-0.15, -0.1) is 0 Å². The highest BCUT2D eigenvalue weighted by molar-refractivity contribution is 5.83. The number of hydrogen-bond acceptors (Lipinski definition) is 2. The molecule has 0 radical (unpaired) electrons. The standard InChI is InChI=1S/C16H24N2O/c1-4-10-18-12(2)14(11-15(17-3)16(18)19)13-8-6-5-7-9-13/h5-9,12,14-15,17H,4,10-11H2,1-3H3. The molecule has 1 fully saturated rings. The summed E-state index contributed by atoms with van der Waals surface area (Å²) in [4.78, 5) is 14.4. The summed E-state index contributed by atoms with van der Waals surface area (Å²) in [5.74, 6) is 0.673. The Morgan fingerprint density at radius 3 is 2.58 bits per heavy atom. The summed E-state index contributed by atoms with van der Waals surface area (Å²) in [6, 6.07) is 10.8.